The second kappa shape index (κ2) is 5.34. The van der Waals surface area contributed by atoms with Crippen molar-refractivity contribution in [3.05, 3.63) is 46.5 Å². The first-order valence-corrected chi connectivity index (χ1v) is 7.31. The van der Waals surface area contributed by atoms with Crippen molar-refractivity contribution in [1.82, 2.24) is 15.0 Å². The van der Waals surface area contributed by atoms with E-state index in [4.69, 9.17) is 5.73 Å². The molecular formula is C14H13FN4OS. The third kappa shape index (κ3) is 2.57. The Morgan fingerprint density at radius 1 is 1.48 bits per heavy atom. The summed E-state index contributed by atoms with van der Waals surface area (Å²) in [6, 6.07) is 4.50. The molecule has 0 radical (unpaired) electrons. The van der Waals surface area contributed by atoms with Gasteiger partial charge in [0, 0.05) is 17.1 Å². The highest BCUT2D eigenvalue weighted by molar-refractivity contribution is 7.22. The summed E-state index contributed by atoms with van der Waals surface area (Å²) in [5, 5.41) is 0. The van der Waals surface area contributed by atoms with Crippen molar-refractivity contribution in [2.24, 2.45) is 5.73 Å². The minimum Gasteiger partial charge on any atom is -0.321 e. The molecule has 3 aromatic rings. The molecule has 3 aromatic heterocycles. The van der Waals surface area contributed by atoms with E-state index in [0.29, 0.717) is 28.0 Å². The highest BCUT2D eigenvalue weighted by Gasteiger charge is 2.13. The number of nitrogens with zero attached hydrogens (tertiary/aromatic N) is 2. The molecule has 21 heavy (non-hydrogen) atoms. The number of rotatable bonds is 3. The second-order valence-electron chi connectivity index (χ2n) is 4.66. The number of fused-ring (bicyclic) bond motifs is 1. The van der Waals surface area contributed by atoms with Crippen molar-refractivity contribution < 1.29 is 4.39 Å². The summed E-state index contributed by atoms with van der Waals surface area (Å²) in [6.45, 7) is 1.92. The smallest absolute Gasteiger partial charge is 0.268 e. The number of hydrogen-bond acceptors (Lipinski definition) is 5. The molecule has 5 nitrogen and oxygen atoms in total. The fourth-order valence-corrected chi connectivity index (χ4v) is 3.01. The second-order valence-corrected chi connectivity index (χ2v) is 5.71. The fraction of sp³-hybridized carbons (Fsp3) is 0.214. The number of hydrogen-bond donors (Lipinski definition) is 2. The van der Waals surface area contributed by atoms with E-state index >= 15 is 0 Å². The van der Waals surface area contributed by atoms with Crippen LogP contribution < -0.4 is 11.3 Å². The first kappa shape index (κ1) is 13.8. The lowest BCUT2D eigenvalue weighted by molar-refractivity contribution is 0.584. The highest BCUT2D eigenvalue weighted by atomic mass is 32.1. The van der Waals surface area contributed by atoms with Gasteiger partial charge in [-0.15, -0.1) is 11.3 Å². The molecule has 0 amide bonds. The zero-order valence-corrected chi connectivity index (χ0v) is 12.1. The molecule has 0 unspecified atom stereocenters. The van der Waals surface area contributed by atoms with Crippen molar-refractivity contribution in [3.63, 3.8) is 0 Å². The average Bonchev–Trinajstić information content (AvgIpc) is 2.91. The maximum Gasteiger partial charge on any atom is 0.268 e. The van der Waals surface area contributed by atoms with Crippen LogP contribution in [-0.4, -0.2) is 15.0 Å². The van der Waals surface area contributed by atoms with E-state index in [1.54, 1.807) is 12.1 Å². The fourth-order valence-electron chi connectivity index (χ4n) is 2.02. The molecule has 0 saturated carbocycles. The molecule has 0 spiro atoms. The van der Waals surface area contributed by atoms with Crippen molar-refractivity contribution in [1.29, 1.82) is 0 Å². The molecular weight excluding hydrogens is 291 g/mol. The van der Waals surface area contributed by atoms with E-state index in [2.05, 4.69) is 15.0 Å². The summed E-state index contributed by atoms with van der Waals surface area (Å²) in [5.74, 6) is -0.0826. The van der Waals surface area contributed by atoms with E-state index in [9.17, 15) is 9.18 Å². The molecule has 0 aliphatic rings. The lowest BCUT2D eigenvalue weighted by Crippen LogP contribution is -2.18. The lowest BCUT2D eigenvalue weighted by atomic mass is 10.2. The van der Waals surface area contributed by atoms with Crippen LogP contribution in [0.5, 0.6) is 0 Å². The van der Waals surface area contributed by atoms with Gasteiger partial charge in [0.05, 0.1) is 11.6 Å². The Hall–Kier alpha value is -2.12. The minimum absolute atomic E-state index is 0.218. The number of halogens is 1. The van der Waals surface area contributed by atoms with Gasteiger partial charge in [-0.3, -0.25) is 4.79 Å². The average molecular weight is 304 g/mol. The molecule has 0 bridgehead atoms. The van der Waals surface area contributed by atoms with Crippen LogP contribution in [0.3, 0.4) is 0 Å². The molecule has 3 N–H and O–H groups in total. The number of pyridine rings is 1. The molecule has 3 heterocycles. The van der Waals surface area contributed by atoms with E-state index in [0.717, 1.165) is 4.88 Å². The van der Waals surface area contributed by atoms with Crippen molar-refractivity contribution >= 4 is 21.6 Å². The van der Waals surface area contributed by atoms with Gasteiger partial charge in [-0.25, -0.2) is 9.97 Å². The summed E-state index contributed by atoms with van der Waals surface area (Å²) in [6.07, 6.45) is 2.08. The van der Waals surface area contributed by atoms with Gasteiger partial charge >= 0.3 is 0 Å². The number of nitrogens with one attached hydrogen (secondary N) is 1. The van der Waals surface area contributed by atoms with Crippen LogP contribution in [0.2, 0.25) is 0 Å². The Morgan fingerprint density at radius 3 is 3.00 bits per heavy atom. The van der Waals surface area contributed by atoms with Crippen LogP contribution in [0.25, 0.3) is 20.7 Å². The molecule has 0 aromatic carbocycles. The molecule has 0 fully saturated rings. The predicted octanol–water partition coefficient (Wildman–Crippen LogP) is 2.60. The van der Waals surface area contributed by atoms with Crippen LogP contribution in [0.15, 0.2) is 29.2 Å². The Labute approximate surface area is 123 Å². The van der Waals surface area contributed by atoms with E-state index in [-0.39, 0.29) is 11.6 Å². The standard InChI is InChI=1S/C14H13FN4OS/c1-2-8(16)13-18-9-6-10(21-12(9)14(20)19-13)7-3-4-17-11(15)5-7/h3-6,8H,2,16H2,1H3,(H,18,19,20)/t8-/m0/s1. The number of thiophene rings is 1. The quantitative estimate of drug-likeness (QED) is 0.728. The summed E-state index contributed by atoms with van der Waals surface area (Å²) in [4.78, 5) is 23.5. The molecule has 0 saturated heterocycles. The van der Waals surface area contributed by atoms with Crippen LogP contribution in [-0.2, 0) is 0 Å². The Bertz CT molecular complexity index is 858. The SMILES string of the molecule is CC[C@H](N)c1nc2cc(-c3ccnc(F)c3)sc2c(=O)[nH]1. The van der Waals surface area contributed by atoms with Crippen LogP contribution in [0, 0.1) is 5.95 Å². The lowest BCUT2D eigenvalue weighted by Gasteiger charge is -2.06. The number of H-pyrrole nitrogens is 1. The van der Waals surface area contributed by atoms with Crippen molar-refractivity contribution in [2.45, 2.75) is 19.4 Å². The van der Waals surface area contributed by atoms with Gasteiger partial charge in [0.25, 0.3) is 5.56 Å². The first-order chi connectivity index (χ1) is 10.1. The maximum absolute atomic E-state index is 13.2. The Kier molecular flexibility index (Phi) is 3.52. The first-order valence-electron chi connectivity index (χ1n) is 6.49. The molecule has 1 atom stereocenters. The summed E-state index contributed by atoms with van der Waals surface area (Å²) in [5.41, 5.74) is 6.94. The van der Waals surface area contributed by atoms with Crippen molar-refractivity contribution in [3.8, 4) is 10.4 Å². The third-order valence-corrected chi connectivity index (χ3v) is 4.38. The zero-order chi connectivity index (χ0) is 15.0. The van der Waals surface area contributed by atoms with Gasteiger partial charge in [-0.05, 0) is 24.1 Å². The third-order valence-electron chi connectivity index (χ3n) is 3.20. The van der Waals surface area contributed by atoms with Gasteiger partial charge in [0.15, 0.2) is 0 Å². The summed E-state index contributed by atoms with van der Waals surface area (Å²) >= 11 is 1.27. The monoisotopic (exact) mass is 304 g/mol. The molecule has 0 aliphatic heterocycles. The van der Waals surface area contributed by atoms with Crippen LogP contribution in [0.4, 0.5) is 4.39 Å². The van der Waals surface area contributed by atoms with E-state index < -0.39 is 5.95 Å². The topological polar surface area (TPSA) is 84.7 Å². The molecule has 0 aliphatic carbocycles. The Balaban J connectivity index is 2.16. The highest BCUT2D eigenvalue weighted by Crippen LogP contribution is 2.31. The number of aromatic nitrogens is 3. The van der Waals surface area contributed by atoms with Gasteiger partial charge in [0.1, 0.15) is 10.5 Å². The van der Waals surface area contributed by atoms with Crippen LogP contribution in [0.1, 0.15) is 25.2 Å². The van der Waals surface area contributed by atoms with Gasteiger partial charge in [0.2, 0.25) is 5.95 Å². The largest absolute Gasteiger partial charge is 0.321 e. The molecule has 7 heteroatoms. The summed E-state index contributed by atoms with van der Waals surface area (Å²) < 4.78 is 13.7. The number of nitrogens with two attached hydrogens (primary N) is 1. The zero-order valence-electron chi connectivity index (χ0n) is 11.3. The predicted molar refractivity (Wildman–Crippen MR) is 80.6 cm³/mol. The van der Waals surface area contributed by atoms with Crippen LogP contribution >= 0.6 is 11.3 Å². The minimum atomic E-state index is -0.555. The normalized spacial score (nSPS) is 12.7. The molecule has 108 valence electrons. The van der Waals surface area contributed by atoms with E-state index in [1.165, 1.54) is 23.6 Å². The number of aromatic amines is 1. The molecule has 3 rings (SSSR count). The maximum atomic E-state index is 13.2. The van der Waals surface area contributed by atoms with Crippen molar-refractivity contribution in [2.75, 3.05) is 0 Å². The van der Waals surface area contributed by atoms with Gasteiger partial charge in [-0.1, -0.05) is 6.92 Å². The van der Waals surface area contributed by atoms with Gasteiger partial charge in [-0.2, -0.15) is 4.39 Å². The van der Waals surface area contributed by atoms with E-state index in [1.807, 2.05) is 6.92 Å². The Morgan fingerprint density at radius 2 is 2.29 bits per heavy atom. The summed E-state index contributed by atoms with van der Waals surface area (Å²) in [7, 11) is 0. The van der Waals surface area contributed by atoms with Gasteiger partial charge < -0.3 is 10.7 Å².